The summed E-state index contributed by atoms with van der Waals surface area (Å²) in [5, 5.41) is 11.3. The van der Waals surface area contributed by atoms with Gasteiger partial charge in [-0.25, -0.2) is 4.79 Å². The van der Waals surface area contributed by atoms with Crippen molar-refractivity contribution < 1.29 is 19.4 Å². The number of aromatic carboxylic acids is 1. The maximum absolute atomic E-state index is 11.4. The minimum Gasteiger partial charge on any atom is -0.477 e. The Labute approximate surface area is 90.7 Å². The number of methoxy groups -OCH3 is 1. The fraction of sp³-hybridized carbons (Fsp3) is 0.333. The van der Waals surface area contributed by atoms with Crippen molar-refractivity contribution in [3.05, 3.63) is 21.9 Å². The molecule has 1 aromatic rings. The third-order valence-corrected chi connectivity index (χ3v) is 2.70. The molecule has 0 unspecified atom stereocenters. The lowest BCUT2D eigenvalue weighted by atomic mass is 10.4. The number of thiophene rings is 1. The van der Waals surface area contributed by atoms with Gasteiger partial charge in [0.05, 0.1) is 11.5 Å². The maximum atomic E-state index is 11.4. The van der Waals surface area contributed by atoms with Gasteiger partial charge in [-0.2, -0.15) is 0 Å². The quantitative estimate of drug-likeness (QED) is 0.733. The third kappa shape index (κ3) is 3.34. The van der Waals surface area contributed by atoms with Gasteiger partial charge in [-0.05, 0) is 12.1 Å². The van der Waals surface area contributed by atoms with Crippen LogP contribution in [0.25, 0.3) is 0 Å². The van der Waals surface area contributed by atoms with Crippen molar-refractivity contribution >= 4 is 23.2 Å². The van der Waals surface area contributed by atoms with Gasteiger partial charge in [0, 0.05) is 13.7 Å². The molecular weight excluding hydrogens is 218 g/mol. The zero-order chi connectivity index (χ0) is 11.3. The Balaban J connectivity index is 2.54. The van der Waals surface area contributed by atoms with E-state index in [9.17, 15) is 9.59 Å². The average Bonchev–Trinajstić information content (AvgIpc) is 2.66. The molecule has 82 valence electrons. The third-order valence-electron chi connectivity index (χ3n) is 1.63. The molecule has 0 fully saturated rings. The van der Waals surface area contributed by atoms with E-state index in [-0.39, 0.29) is 10.8 Å². The van der Waals surface area contributed by atoms with Crippen LogP contribution in [0, 0.1) is 0 Å². The summed E-state index contributed by atoms with van der Waals surface area (Å²) in [4.78, 5) is 22.5. The van der Waals surface area contributed by atoms with Crippen molar-refractivity contribution in [3.8, 4) is 0 Å². The minimum absolute atomic E-state index is 0.159. The molecule has 6 heteroatoms. The second kappa shape index (κ2) is 5.47. The highest BCUT2D eigenvalue weighted by Gasteiger charge is 2.11. The smallest absolute Gasteiger partial charge is 0.345 e. The molecular formula is C9H11NO4S. The number of carboxylic acids is 1. The Morgan fingerprint density at radius 1 is 1.47 bits per heavy atom. The standard InChI is InChI=1S/C9H11NO4S/c1-14-5-4-10-8(11)6-2-3-7(15-6)9(12)13/h2-3H,4-5H2,1H3,(H,10,11)(H,12,13). The number of hydrogen-bond donors (Lipinski definition) is 2. The van der Waals surface area contributed by atoms with Crippen LogP contribution < -0.4 is 5.32 Å². The normalized spacial score (nSPS) is 9.93. The van der Waals surface area contributed by atoms with Gasteiger partial charge in [0.1, 0.15) is 4.88 Å². The van der Waals surface area contributed by atoms with Crippen molar-refractivity contribution in [2.24, 2.45) is 0 Å². The first-order valence-electron chi connectivity index (χ1n) is 4.25. The van der Waals surface area contributed by atoms with Gasteiger partial charge in [-0.15, -0.1) is 11.3 Å². The molecule has 0 atom stereocenters. The number of nitrogens with one attached hydrogen (secondary N) is 1. The van der Waals surface area contributed by atoms with Gasteiger partial charge in [-0.3, -0.25) is 4.79 Å². The SMILES string of the molecule is COCCNC(=O)c1ccc(C(=O)O)s1. The number of amides is 1. The number of carbonyl (C=O) groups excluding carboxylic acids is 1. The predicted octanol–water partition coefficient (Wildman–Crippen LogP) is 0.822. The van der Waals surface area contributed by atoms with E-state index >= 15 is 0 Å². The summed E-state index contributed by atoms with van der Waals surface area (Å²) in [5.74, 6) is -1.29. The highest BCUT2D eigenvalue weighted by molar-refractivity contribution is 7.15. The second-order valence-electron chi connectivity index (χ2n) is 2.72. The zero-order valence-electron chi connectivity index (χ0n) is 8.15. The van der Waals surface area contributed by atoms with E-state index in [1.165, 1.54) is 12.1 Å². The number of hydrogen-bond acceptors (Lipinski definition) is 4. The lowest BCUT2D eigenvalue weighted by Gasteiger charge is -2.01. The molecule has 0 aromatic carbocycles. The van der Waals surface area contributed by atoms with E-state index in [1.807, 2.05) is 0 Å². The molecule has 0 aliphatic carbocycles. The molecule has 1 heterocycles. The van der Waals surface area contributed by atoms with Crippen LogP contribution >= 0.6 is 11.3 Å². The molecule has 1 rings (SSSR count). The highest BCUT2D eigenvalue weighted by Crippen LogP contribution is 2.15. The number of ether oxygens (including phenoxy) is 1. The summed E-state index contributed by atoms with van der Waals surface area (Å²) in [6.07, 6.45) is 0. The van der Waals surface area contributed by atoms with Crippen molar-refractivity contribution in [3.63, 3.8) is 0 Å². The monoisotopic (exact) mass is 229 g/mol. The van der Waals surface area contributed by atoms with E-state index < -0.39 is 5.97 Å². The van der Waals surface area contributed by atoms with Crippen LogP contribution in [0.3, 0.4) is 0 Å². The summed E-state index contributed by atoms with van der Waals surface area (Å²) in [7, 11) is 1.54. The summed E-state index contributed by atoms with van der Waals surface area (Å²) in [6, 6.07) is 2.91. The van der Waals surface area contributed by atoms with Gasteiger partial charge >= 0.3 is 5.97 Å². The first-order valence-corrected chi connectivity index (χ1v) is 5.07. The Morgan fingerprint density at radius 2 is 2.13 bits per heavy atom. The van der Waals surface area contributed by atoms with Crippen LogP contribution in [-0.2, 0) is 4.74 Å². The number of rotatable bonds is 5. The summed E-state index contributed by atoms with van der Waals surface area (Å²) in [6.45, 7) is 0.846. The van der Waals surface area contributed by atoms with Gasteiger partial charge in [0.2, 0.25) is 0 Å². The zero-order valence-corrected chi connectivity index (χ0v) is 8.97. The molecule has 2 N–H and O–H groups in total. The summed E-state index contributed by atoms with van der Waals surface area (Å²) < 4.78 is 4.77. The van der Waals surface area contributed by atoms with Crippen LogP contribution in [0.1, 0.15) is 19.3 Å². The Hall–Kier alpha value is -1.40. The molecule has 0 aliphatic rings. The van der Waals surface area contributed by atoms with Crippen molar-refractivity contribution in [1.29, 1.82) is 0 Å². The largest absolute Gasteiger partial charge is 0.477 e. The van der Waals surface area contributed by atoms with Crippen LogP contribution in [0.2, 0.25) is 0 Å². The number of carbonyl (C=O) groups is 2. The van der Waals surface area contributed by atoms with Crippen LogP contribution in [0.5, 0.6) is 0 Å². The van der Waals surface area contributed by atoms with E-state index in [2.05, 4.69) is 5.32 Å². The van der Waals surface area contributed by atoms with Gasteiger partial charge < -0.3 is 15.2 Å². The molecule has 0 radical (unpaired) electrons. The first kappa shape index (κ1) is 11.7. The Bertz CT molecular complexity index is 361. The molecule has 5 nitrogen and oxygen atoms in total. The van der Waals surface area contributed by atoms with Gasteiger partial charge in [0.15, 0.2) is 0 Å². The molecule has 0 aliphatic heterocycles. The van der Waals surface area contributed by atoms with Crippen LogP contribution in [-0.4, -0.2) is 37.2 Å². The average molecular weight is 229 g/mol. The lowest BCUT2D eigenvalue weighted by molar-refractivity contribution is 0.0702. The molecule has 0 saturated heterocycles. The van der Waals surface area contributed by atoms with Crippen molar-refractivity contribution in [2.45, 2.75) is 0 Å². The van der Waals surface area contributed by atoms with Gasteiger partial charge in [0.25, 0.3) is 5.91 Å². The molecule has 0 saturated carbocycles. The molecule has 0 bridgehead atoms. The molecule has 0 spiro atoms. The minimum atomic E-state index is -1.02. The predicted molar refractivity (Wildman–Crippen MR) is 55.5 cm³/mol. The van der Waals surface area contributed by atoms with Crippen LogP contribution in [0.15, 0.2) is 12.1 Å². The second-order valence-corrected chi connectivity index (χ2v) is 3.80. The maximum Gasteiger partial charge on any atom is 0.345 e. The van der Waals surface area contributed by atoms with E-state index in [1.54, 1.807) is 7.11 Å². The van der Waals surface area contributed by atoms with E-state index in [0.717, 1.165) is 11.3 Å². The lowest BCUT2D eigenvalue weighted by Crippen LogP contribution is -2.26. The van der Waals surface area contributed by atoms with Gasteiger partial charge in [-0.1, -0.05) is 0 Å². The van der Waals surface area contributed by atoms with Crippen molar-refractivity contribution in [1.82, 2.24) is 5.32 Å². The fourth-order valence-corrected chi connectivity index (χ4v) is 1.69. The highest BCUT2D eigenvalue weighted by atomic mass is 32.1. The summed E-state index contributed by atoms with van der Waals surface area (Å²) in [5.41, 5.74) is 0. The van der Waals surface area contributed by atoms with E-state index in [0.29, 0.717) is 18.0 Å². The van der Waals surface area contributed by atoms with Crippen molar-refractivity contribution in [2.75, 3.05) is 20.3 Å². The molecule has 1 amide bonds. The molecule has 15 heavy (non-hydrogen) atoms. The van der Waals surface area contributed by atoms with E-state index in [4.69, 9.17) is 9.84 Å². The topological polar surface area (TPSA) is 75.6 Å². The summed E-state index contributed by atoms with van der Waals surface area (Å²) >= 11 is 0.955. The fourth-order valence-electron chi connectivity index (χ4n) is 0.929. The molecule has 1 aromatic heterocycles. The Morgan fingerprint density at radius 3 is 2.67 bits per heavy atom. The Kier molecular flexibility index (Phi) is 4.26. The van der Waals surface area contributed by atoms with Crippen LogP contribution in [0.4, 0.5) is 0 Å². The first-order chi connectivity index (χ1) is 7.15. The number of carboxylic acid groups (broad SMARTS) is 1.